The maximum absolute atomic E-state index is 12.6. The van der Waals surface area contributed by atoms with Crippen molar-refractivity contribution >= 4 is 29.5 Å². The number of para-hydroxylation sites is 1. The van der Waals surface area contributed by atoms with Crippen LogP contribution in [-0.2, 0) is 20.9 Å². The molecule has 29 heavy (non-hydrogen) atoms. The number of hydrogen-bond acceptors (Lipinski definition) is 7. The zero-order valence-corrected chi connectivity index (χ0v) is 16.3. The van der Waals surface area contributed by atoms with Gasteiger partial charge < -0.3 is 20.1 Å². The molecule has 0 bridgehead atoms. The second kappa shape index (κ2) is 7.39. The second-order valence-electron chi connectivity index (χ2n) is 7.05. The number of nitrogens with one attached hydrogen (secondary N) is 1. The number of carboxylic acid groups (broad SMARTS) is 1. The molecule has 1 aromatic carbocycles. The lowest BCUT2D eigenvalue weighted by molar-refractivity contribution is -0.161. The van der Waals surface area contributed by atoms with Gasteiger partial charge in [0, 0.05) is 6.20 Å². The molecule has 0 saturated carbocycles. The Hall–Kier alpha value is -3.08. The molecular formula is C18H19N5O5S. The summed E-state index contributed by atoms with van der Waals surface area (Å²) in [6, 6.07) is 7.05. The summed E-state index contributed by atoms with van der Waals surface area (Å²) in [6.45, 7) is 1.82. The van der Waals surface area contributed by atoms with Crippen LogP contribution in [0.25, 0.3) is 0 Å². The number of β-lactam (4-membered cyclic amide) rings is 1. The van der Waals surface area contributed by atoms with E-state index in [4.69, 9.17) is 4.74 Å². The van der Waals surface area contributed by atoms with Crippen LogP contribution in [-0.4, -0.2) is 71.6 Å². The molecule has 4 atom stereocenters. The number of aromatic nitrogens is 3. The lowest BCUT2D eigenvalue weighted by Crippen LogP contribution is -2.71. The van der Waals surface area contributed by atoms with Gasteiger partial charge in [-0.3, -0.25) is 14.3 Å². The molecule has 2 aliphatic rings. The predicted octanol–water partition coefficient (Wildman–Crippen LogP) is -0.0311. The summed E-state index contributed by atoms with van der Waals surface area (Å²) in [5.41, 5.74) is 0. The van der Waals surface area contributed by atoms with Gasteiger partial charge in [0.1, 0.15) is 23.2 Å². The zero-order valence-electron chi connectivity index (χ0n) is 15.5. The van der Waals surface area contributed by atoms with Crippen LogP contribution < -0.4 is 10.1 Å². The number of carboxylic acids is 1. The average Bonchev–Trinajstić information content (AvgIpc) is 3.29. The van der Waals surface area contributed by atoms with Crippen LogP contribution in [0, 0.1) is 0 Å². The van der Waals surface area contributed by atoms with Crippen LogP contribution in [0.3, 0.4) is 0 Å². The molecule has 4 rings (SSSR count). The minimum atomic E-state index is -1.09. The number of amides is 2. The van der Waals surface area contributed by atoms with E-state index in [-0.39, 0.29) is 13.2 Å². The normalized spacial score (nSPS) is 27.8. The molecule has 152 valence electrons. The number of hydrogen-bond donors (Lipinski definition) is 2. The standard InChI is InChI=1S/C18H19N5O5S/c1-18(10-22-8-7-19-21-22)14(17(26)27)23-15(25)13(16(23)29-18)20-12(24)9-28-11-5-3-2-4-6-11/h2-8,13-14,16H,9-10H2,1H3,(H,20,24)(H,26,27)/t13-,14+,16+,18+/m1/s1. The monoisotopic (exact) mass is 417 g/mol. The van der Waals surface area contributed by atoms with Gasteiger partial charge >= 0.3 is 5.97 Å². The van der Waals surface area contributed by atoms with E-state index in [1.54, 1.807) is 42.1 Å². The number of nitrogens with zero attached hydrogens (tertiary/aromatic N) is 4. The largest absolute Gasteiger partial charge is 0.484 e. The van der Waals surface area contributed by atoms with E-state index in [2.05, 4.69) is 15.6 Å². The summed E-state index contributed by atoms with van der Waals surface area (Å²) >= 11 is 1.35. The summed E-state index contributed by atoms with van der Waals surface area (Å²) in [5, 5.41) is 19.6. The fourth-order valence-corrected chi connectivity index (χ4v) is 5.44. The van der Waals surface area contributed by atoms with Crippen molar-refractivity contribution in [3.05, 3.63) is 42.7 Å². The quantitative estimate of drug-likeness (QED) is 0.602. The Morgan fingerprint density at radius 1 is 1.34 bits per heavy atom. The molecule has 2 amide bonds. The first kappa shape index (κ1) is 19.2. The number of aliphatic carboxylic acids is 1. The zero-order chi connectivity index (χ0) is 20.6. The molecule has 0 radical (unpaired) electrons. The molecule has 2 aromatic rings. The van der Waals surface area contributed by atoms with Gasteiger partial charge in [0.2, 0.25) is 5.91 Å². The molecule has 1 aromatic heterocycles. The van der Waals surface area contributed by atoms with Crippen LogP contribution in [0.1, 0.15) is 6.92 Å². The van der Waals surface area contributed by atoms with Gasteiger partial charge in [-0.15, -0.1) is 16.9 Å². The Morgan fingerprint density at radius 2 is 2.10 bits per heavy atom. The number of carbonyl (C=O) groups excluding carboxylic acids is 2. The molecule has 0 spiro atoms. The number of benzene rings is 1. The number of fused-ring (bicyclic) bond motifs is 1. The lowest BCUT2D eigenvalue weighted by Gasteiger charge is -2.43. The topological polar surface area (TPSA) is 127 Å². The van der Waals surface area contributed by atoms with Crippen LogP contribution in [0.15, 0.2) is 42.7 Å². The third-order valence-corrected chi connectivity index (χ3v) is 6.57. The minimum absolute atomic E-state index is 0.232. The molecule has 2 N–H and O–H groups in total. The summed E-state index contributed by atoms with van der Waals surface area (Å²) < 4.78 is 6.12. The lowest BCUT2D eigenvalue weighted by atomic mass is 9.94. The van der Waals surface area contributed by atoms with Gasteiger partial charge in [-0.05, 0) is 19.1 Å². The van der Waals surface area contributed by atoms with Crippen LogP contribution >= 0.6 is 11.8 Å². The maximum Gasteiger partial charge on any atom is 0.327 e. The summed E-state index contributed by atoms with van der Waals surface area (Å²) in [7, 11) is 0. The van der Waals surface area contributed by atoms with Gasteiger partial charge in [0.05, 0.1) is 17.5 Å². The molecule has 3 heterocycles. The third-order valence-electron chi connectivity index (χ3n) is 4.94. The Labute approximate surface area is 170 Å². The highest BCUT2D eigenvalue weighted by Gasteiger charge is 2.65. The van der Waals surface area contributed by atoms with Gasteiger partial charge in [-0.2, -0.15) is 0 Å². The van der Waals surface area contributed by atoms with Crippen molar-refractivity contribution in [3.8, 4) is 5.75 Å². The van der Waals surface area contributed by atoms with Crippen LogP contribution in [0.2, 0.25) is 0 Å². The van der Waals surface area contributed by atoms with E-state index in [0.29, 0.717) is 5.75 Å². The van der Waals surface area contributed by atoms with Crippen molar-refractivity contribution in [3.63, 3.8) is 0 Å². The Morgan fingerprint density at radius 3 is 2.76 bits per heavy atom. The Kier molecular flexibility index (Phi) is 4.91. The van der Waals surface area contributed by atoms with Crippen LogP contribution in [0.4, 0.5) is 0 Å². The van der Waals surface area contributed by atoms with Gasteiger partial charge in [0.15, 0.2) is 6.61 Å². The Balaban J connectivity index is 1.42. The second-order valence-corrected chi connectivity index (χ2v) is 8.71. The van der Waals surface area contributed by atoms with Crippen molar-refractivity contribution < 1.29 is 24.2 Å². The Bertz CT molecular complexity index is 924. The highest BCUT2D eigenvalue weighted by Crippen LogP contribution is 2.51. The number of thioether (sulfide) groups is 1. The fraction of sp³-hybridized carbons (Fsp3) is 0.389. The summed E-state index contributed by atoms with van der Waals surface area (Å²) in [5.74, 6) is -1.39. The van der Waals surface area contributed by atoms with E-state index >= 15 is 0 Å². The number of carbonyl (C=O) groups is 3. The van der Waals surface area contributed by atoms with E-state index < -0.39 is 40.0 Å². The third kappa shape index (κ3) is 3.53. The van der Waals surface area contributed by atoms with Crippen molar-refractivity contribution in [2.24, 2.45) is 0 Å². The first-order valence-corrected chi connectivity index (χ1v) is 9.81. The fourth-order valence-electron chi connectivity index (χ4n) is 3.68. The predicted molar refractivity (Wildman–Crippen MR) is 102 cm³/mol. The van der Waals surface area contributed by atoms with Gasteiger partial charge in [-0.1, -0.05) is 23.4 Å². The first-order chi connectivity index (χ1) is 13.9. The highest BCUT2D eigenvalue weighted by atomic mass is 32.2. The summed E-state index contributed by atoms with van der Waals surface area (Å²) in [4.78, 5) is 38.1. The SMILES string of the molecule is C[C@@]1(Cn2ccnn2)S[C@H]2[C@H](NC(=O)COc3ccccc3)C(=O)N2[C@H]1C(=O)O. The van der Waals surface area contributed by atoms with Crippen molar-refractivity contribution in [2.45, 2.75) is 35.7 Å². The van der Waals surface area contributed by atoms with Gasteiger partial charge in [0.25, 0.3) is 5.91 Å². The maximum atomic E-state index is 12.6. The molecule has 0 aliphatic carbocycles. The van der Waals surface area contributed by atoms with Gasteiger partial charge in [-0.25, -0.2) is 4.79 Å². The van der Waals surface area contributed by atoms with E-state index in [1.807, 2.05) is 6.07 Å². The molecule has 11 heteroatoms. The van der Waals surface area contributed by atoms with Crippen molar-refractivity contribution in [2.75, 3.05) is 6.61 Å². The molecule has 2 aliphatic heterocycles. The number of rotatable bonds is 7. The van der Waals surface area contributed by atoms with E-state index in [1.165, 1.54) is 22.9 Å². The molecule has 2 saturated heterocycles. The van der Waals surface area contributed by atoms with Crippen molar-refractivity contribution in [1.82, 2.24) is 25.2 Å². The smallest absolute Gasteiger partial charge is 0.327 e. The average molecular weight is 417 g/mol. The van der Waals surface area contributed by atoms with Crippen molar-refractivity contribution in [1.29, 1.82) is 0 Å². The molecule has 2 fully saturated rings. The minimum Gasteiger partial charge on any atom is -0.484 e. The first-order valence-electron chi connectivity index (χ1n) is 8.93. The number of ether oxygens (including phenoxy) is 1. The molecular weight excluding hydrogens is 398 g/mol. The summed E-state index contributed by atoms with van der Waals surface area (Å²) in [6.07, 6.45) is 3.15. The highest BCUT2D eigenvalue weighted by molar-refractivity contribution is 8.01. The van der Waals surface area contributed by atoms with E-state index in [9.17, 15) is 19.5 Å². The molecule has 10 nitrogen and oxygen atoms in total. The van der Waals surface area contributed by atoms with Crippen LogP contribution in [0.5, 0.6) is 5.75 Å². The molecule has 0 unspecified atom stereocenters. The van der Waals surface area contributed by atoms with E-state index in [0.717, 1.165) is 0 Å².